The molecule has 2 rings (SSSR count). The Morgan fingerprint density at radius 1 is 1.41 bits per heavy atom. The topological polar surface area (TPSA) is 72.8 Å². The van der Waals surface area contributed by atoms with Crippen LogP contribution in [0.2, 0.25) is 0 Å². The number of cyclic esters (lactones) is 1. The number of benzene rings is 1. The highest BCUT2D eigenvalue weighted by molar-refractivity contribution is 5.96. The largest absolute Gasteiger partial charge is 0.497 e. The summed E-state index contributed by atoms with van der Waals surface area (Å²) in [6, 6.07) is 6.97. The molecule has 1 aromatic carbocycles. The molecule has 0 aromatic heterocycles. The molecule has 0 aliphatic carbocycles. The van der Waals surface area contributed by atoms with Gasteiger partial charge in [0.25, 0.3) is 0 Å². The first kappa shape index (κ1) is 11.4. The van der Waals surface area contributed by atoms with Gasteiger partial charge in [-0.25, -0.2) is 0 Å². The van der Waals surface area contributed by atoms with Crippen molar-refractivity contribution < 1.29 is 24.2 Å². The molecule has 1 saturated heterocycles. The van der Waals surface area contributed by atoms with Crippen LogP contribution in [0.25, 0.3) is 0 Å². The average Bonchev–Trinajstić information content (AvgIpc) is 2.71. The Hall–Kier alpha value is -2.04. The highest BCUT2D eigenvalue weighted by Crippen LogP contribution is 2.32. The van der Waals surface area contributed by atoms with Crippen LogP contribution in [0.3, 0.4) is 0 Å². The van der Waals surface area contributed by atoms with Crippen molar-refractivity contribution >= 4 is 11.9 Å². The van der Waals surface area contributed by atoms with Gasteiger partial charge in [-0.3, -0.25) is 9.59 Å². The predicted octanol–water partition coefficient (Wildman–Crippen LogP) is 1.04. The first-order chi connectivity index (χ1) is 8.13. The van der Waals surface area contributed by atoms with Gasteiger partial charge in [0, 0.05) is 5.92 Å². The molecule has 1 aliphatic heterocycles. The normalized spacial score (nSPS) is 23.2. The smallest absolute Gasteiger partial charge is 0.321 e. The molecule has 1 N–H and O–H groups in total. The van der Waals surface area contributed by atoms with Crippen LogP contribution in [0.1, 0.15) is 11.5 Å². The SMILES string of the molecule is COc1ccc([C@@H]2COC(=O)[C@H]2C(=O)O)cc1. The van der Waals surface area contributed by atoms with Crippen molar-refractivity contribution in [3.05, 3.63) is 29.8 Å². The number of aliphatic carboxylic acids is 1. The minimum Gasteiger partial charge on any atom is -0.497 e. The fourth-order valence-corrected chi connectivity index (χ4v) is 1.93. The molecule has 0 saturated carbocycles. The second-order valence-electron chi connectivity index (χ2n) is 3.83. The van der Waals surface area contributed by atoms with E-state index >= 15 is 0 Å². The van der Waals surface area contributed by atoms with Gasteiger partial charge >= 0.3 is 11.9 Å². The van der Waals surface area contributed by atoms with Crippen LogP contribution in [0, 0.1) is 5.92 Å². The molecule has 1 fully saturated rings. The second kappa shape index (κ2) is 4.45. The molecule has 1 aromatic rings. The Balaban J connectivity index is 2.26. The molecule has 5 nitrogen and oxygen atoms in total. The van der Waals surface area contributed by atoms with Gasteiger partial charge in [0.1, 0.15) is 5.75 Å². The molecular formula is C12H12O5. The summed E-state index contributed by atoms with van der Waals surface area (Å²) in [5.41, 5.74) is 0.768. The van der Waals surface area contributed by atoms with Crippen LogP contribution in [0.15, 0.2) is 24.3 Å². The molecule has 1 aliphatic rings. The van der Waals surface area contributed by atoms with Crippen molar-refractivity contribution in [3.63, 3.8) is 0 Å². The summed E-state index contributed by atoms with van der Waals surface area (Å²) < 4.78 is 9.81. The molecule has 0 unspecified atom stereocenters. The highest BCUT2D eigenvalue weighted by atomic mass is 16.5. The van der Waals surface area contributed by atoms with Crippen LogP contribution in [-0.4, -0.2) is 30.8 Å². The summed E-state index contributed by atoms with van der Waals surface area (Å²) in [4.78, 5) is 22.3. The molecule has 0 radical (unpaired) electrons. The van der Waals surface area contributed by atoms with E-state index in [4.69, 9.17) is 14.6 Å². The second-order valence-corrected chi connectivity index (χ2v) is 3.83. The quantitative estimate of drug-likeness (QED) is 0.627. The Bertz CT molecular complexity index is 437. The van der Waals surface area contributed by atoms with Crippen molar-refractivity contribution in [3.8, 4) is 5.75 Å². The third-order valence-electron chi connectivity index (χ3n) is 2.87. The molecule has 0 bridgehead atoms. The lowest BCUT2D eigenvalue weighted by molar-refractivity contribution is -0.152. The minimum absolute atomic E-state index is 0.113. The summed E-state index contributed by atoms with van der Waals surface area (Å²) >= 11 is 0. The van der Waals surface area contributed by atoms with E-state index in [0.717, 1.165) is 5.56 Å². The summed E-state index contributed by atoms with van der Waals surface area (Å²) in [6.07, 6.45) is 0. The Labute approximate surface area is 98.0 Å². The van der Waals surface area contributed by atoms with Gasteiger partial charge in [-0.2, -0.15) is 0 Å². The molecule has 17 heavy (non-hydrogen) atoms. The monoisotopic (exact) mass is 236 g/mol. The van der Waals surface area contributed by atoms with Gasteiger partial charge in [0.2, 0.25) is 0 Å². The third kappa shape index (κ3) is 2.08. The van der Waals surface area contributed by atoms with Crippen LogP contribution in [0.4, 0.5) is 0 Å². The van der Waals surface area contributed by atoms with Gasteiger partial charge in [0.05, 0.1) is 13.7 Å². The fourth-order valence-electron chi connectivity index (χ4n) is 1.93. The first-order valence-electron chi connectivity index (χ1n) is 5.17. The number of hydrogen-bond donors (Lipinski definition) is 1. The lowest BCUT2D eigenvalue weighted by Gasteiger charge is -2.12. The zero-order valence-electron chi connectivity index (χ0n) is 9.25. The molecule has 2 atom stereocenters. The number of hydrogen-bond acceptors (Lipinski definition) is 4. The Morgan fingerprint density at radius 2 is 2.06 bits per heavy atom. The van der Waals surface area contributed by atoms with E-state index < -0.39 is 23.8 Å². The maximum absolute atomic E-state index is 11.3. The molecule has 90 valence electrons. The molecular weight excluding hydrogens is 224 g/mol. The average molecular weight is 236 g/mol. The van der Waals surface area contributed by atoms with E-state index in [1.165, 1.54) is 0 Å². The van der Waals surface area contributed by atoms with Crippen molar-refractivity contribution in [2.75, 3.05) is 13.7 Å². The lowest BCUT2D eigenvalue weighted by atomic mass is 9.88. The number of rotatable bonds is 3. The molecule has 0 spiro atoms. The fraction of sp³-hybridized carbons (Fsp3) is 0.333. The van der Waals surface area contributed by atoms with E-state index in [-0.39, 0.29) is 6.61 Å². The number of methoxy groups -OCH3 is 1. The lowest BCUT2D eigenvalue weighted by Crippen LogP contribution is -2.24. The van der Waals surface area contributed by atoms with Crippen LogP contribution in [-0.2, 0) is 14.3 Å². The zero-order chi connectivity index (χ0) is 12.4. The minimum atomic E-state index is -1.15. The van der Waals surface area contributed by atoms with Crippen LogP contribution in [0.5, 0.6) is 5.75 Å². The molecule has 5 heteroatoms. The standard InChI is InChI=1S/C12H12O5/c1-16-8-4-2-7(3-5-8)9-6-17-12(15)10(9)11(13)14/h2-5,9-10H,6H2,1H3,(H,13,14)/t9-,10+/m0/s1. The summed E-state index contributed by atoms with van der Waals surface area (Å²) in [6.45, 7) is 0.113. The number of carbonyl (C=O) groups is 2. The van der Waals surface area contributed by atoms with Gasteiger partial charge in [-0.15, -0.1) is 0 Å². The van der Waals surface area contributed by atoms with E-state index in [0.29, 0.717) is 5.75 Å². The van der Waals surface area contributed by atoms with Crippen LogP contribution < -0.4 is 4.74 Å². The Kier molecular flexibility index (Phi) is 2.99. The maximum Gasteiger partial charge on any atom is 0.321 e. The van der Waals surface area contributed by atoms with E-state index in [9.17, 15) is 9.59 Å². The summed E-state index contributed by atoms with van der Waals surface area (Å²) in [5.74, 6) is -2.66. The number of esters is 1. The third-order valence-corrected chi connectivity index (χ3v) is 2.87. The Morgan fingerprint density at radius 3 is 2.59 bits per heavy atom. The predicted molar refractivity (Wildman–Crippen MR) is 57.8 cm³/mol. The van der Waals surface area contributed by atoms with E-state index in [1.54, 1.807) is 31.4 Å². The highest BCUT2D eigenvalue weighted by Gasteiger charge is 2.43. The van der Waals surface area contributed by atoms with Gasteiger partial charge in [-0.05, 0) is 17.7 Å². The number of carboxylic acids is 1. The van der Waals surface area contributed by atoms with E-state index in [1.807, 2.05) is 0 Å². The molecule has 0 amide bonds. The summed E-state index contributed by atoms with van der Waals surface area (Å²) in [7, 11) is 1.55. The van der Waals surface area contributed by atoms with Crippen LogP contribution >= 0.6 is 0 Å². The van der Waals surface area contributed by atoms with Gasteiger partial charge in [-0.1, -0.05) is 12.1 Å². The number of ether oxygens (including phenoxy) is 2. The zero-order valence-corrected chi connectivity index (χ0v) is 9.25. The molecule has 1 heterocycles. The van der Waals surface area contributed by atoms with Crippen molar-refractivity contribution in [2.45, 2.75) is 5.92 Å². The maximum atomic E-state index is 11.3. The van der Waals surface area contributed by atoms with Gasteiger partial charge in [0.15, 0.2) is 5.92 Å². The van der Waals surface area contributed by atoms with Gasteiger partial charge < -0.3 is 14.6 Å². The first-order valence-corrected chi connectivity index (χ1v) is 5.17. The summed E-state index contributed by atoms with van der Waals surface area (Å²) in [5, 5.41) is 8.99. The van der Waals surface area contributed by atoms with Crippen molar-refractivity contribution in [2.24, 2.45) is 5.92 Å². The van der Waals surface area contributed by atoms with Crippen molar-refractivity contribution in [1.82, 2.24) is 0 Å². The number of carboxylic acid groups (broad SMARTS) is 1. The number of carbonyl (C=O) groups excluding carboxylic acids is 1. The van der Waals surface area contributed by atoms with Crippen molar-refractivity contribution in [1.29, 1.82) is 0 Å². The van der Waals surface area contributed by atoms with E-state index in [2.05, 4.69) is 0 Å².